The number of aromatic amines is 1. The lowest BCUT2D eigenvalue weighted by molar-refractivity contribution is 0.0949. The van der Waals surface area contributed by atoms with E-state index in [0.717, 1.165) is 11.3 Å². The molecule has 5 nitrogen and oxygen atoms in total. The summed E-state index contributed by atoms with van der Waals surface area (Å²) in [4.78, 5) is 27.4. The third-order valence-electron chi connectivity index (χ3n) is 4.70. The van der Waals surface area contributed by atoms with Crippen molar-refractivity contribution >= 4 is 5.91 Å². The number of ether oxygens (including phenoxy) is 1. The van der Waals surface area contributed by atoms with Gasteiger partial charge in [0, 0.05) is 28.9 Å². The normalized spacial score (nSPS) is 10.6. The van der Waals surface area contributed by atoms with Gasteiger partial charge in [0.2, 0.25) is 0 Å². The van der Waals surface area contributed by atoms with Gasteiger partial charge >= 0.3 is 0 Å². The van der Waals surface area contributed by atoms with E-state index in [-0.39, 0.29) is 24.3 Å². The van der Waals surface area contributed by atoms with Crippen molar-refractivity contribution in [1.29, 1.82) is 0 Å². The Morgan fingerprint density at radius 1 is 1.07 bits per heavy atom. The van der Waals surface area contributed by atoms with Gasteiger partial charge in [-0.2, -0.15) is 0 Å². The highest BCUT2D eigenvalue weighted by Gasteiger charge is 2.15. The Labute approximate surface area is 168 Å². The first-order chi connectivity index (χ1) is 13.8. The van der Waals surface area contributed by atoms with Crippen molar-refractivity contribution in [2.75, 3.05) is 0 Å². The number of carbonyl (C=O) groups excluding carboxylic acids is 1. The number of aromatic nitrogens is 1. The van der Waals surface area contributed by atoms with Gasteiger partial charge in [0.25, 0.3) is 11.5 Å². The highest BCUT2D eigenvalue weighted by molar-refractivity contribution is 5.95. The lowest BCUT2D eigenvalue weighted by atomic mass is 10.0. The Hall–Kier alpha value is -3.41. The van der Waals surface area contributed by atoms with Crippen LogP contribution in [0.3, 0.4) is 0 Å². The minimum Gasteiger partial charge on any atom is -0.489 e. The van der Waals surface area contributed by atoms with Gasteiger partial charge in [0.05, 0.1) is 0 Å². The number of rotatable bonds is 6. The first-order valence-electron chi connectivity index (χ1n) is 9.29. The van der Waals surface area contributed by atoms with Crippen LogP contribution in [0.4, 0.5) is 4.39 Å². The molecule has 1 heterocycles. The lowest BCUT2D eigenvalue weighted by Gasteiger charge is -2.12. The Morgan fingerprint density at radius 2 is 1.79 bits per heavy atom. The number of halogens is 1. The fraction of sp³-hybridized carbons (Fsp3) is 0.217. The minimum atomic E-state index is -0.513. The van der Waals surface area contributed by atoms with Gasteiger partial charge in [-0.3, -0.25) is 9.59 Å². The van der Waals surface area contributed by atoms with Gasteiger partial charge in [-0.25, -0.2) is 4.39 Å². The van der Waals surface area contributed by atoms with Gasteiger partial charge < -0.3 is 15.0 Å². The summed E-state index contributed by atoms with van der Waals surface area (Å²) in [5.41, 5.74) is 3.02. The molecule has 6 heteroatoms. The quantitative estimate of drug-likeness (QED) is 0.665. The number of amides is 1. The smallest absolute Gasteiger partial charge is 0.253 e. The minimum absolute atomic E-state index is 0.0660. The summed E-state index contributed by atoms with van der Waals surface area (Å²) < 4.78 is 20.1. The average Bonchev–Trinajstić information content (AvgIpc) is 2.68. The monoisotopic (exact) mass is 394 g/mol. The fourth-order valence-electron chi connectivity index (χ4n) is 3.14. The van der Waals surface area contributed by atoms with E-state index in [0.29, 0.717) is 22.4 Å². The summed E-state index contributed by atoms with van der Waals surface area (Å²) in [6.07, 6.45) is 0. The van der Waals surface area contributed by atoms with Crippen molar-refractivity contribution in [2.45, 2.75) is 33.9 Å². The molecule has 0 atom stereocenters. The Bertz CT molecular complexity index is 1090. The number of hydrogen-bond donors (Lipinski definition) is 2. The molecule has 2 aromatic carbocycles. The molecule has 0 radical (unpaired) electrons. The second-order valence-corrected chi connectivity index (χ2v) is 6.99. The van der Waals surface area contributed by atoms with Gasteiger partial charge in [-0.15, -0.1) is 0 Å². The molecule has 3 rings (SSSR count). The number of aryl methyl sites for hydroxylation is 3. The van der Waals surface area contributed by atoms with Crippen molar-refractivity contribution in [3.63, 3.8) is 0 Å². The van der Waals surface area contributed by atoms with Crippen molar-refractivity contribution < 1.29 is 13.9 Å². The molecular weight excluding hydrogens is 371 g/mol. The zero-order valence-electron chi connectivity index (χ0n) is 16.6. The largest absolute Gasteiger partial charge is 0.489 e. The maximum atomic E-state index is 14.5. The molecule has 0 saturated heterocycles. The maximum absolute atomic E-state index is 14.5. The molecule has 1 aromatic heterocycles. The number of hydrogen-bond acceptors (Lipinski definition) is 3. The van der Waals surface area contributed by atoms with Crippen LogP contribution in [0.2, 0.25) is 0 Å². The van der Waals surface area contributed by atoms with E-state index in [9.17, 15) is 14.0 Å². The molecule has 0 aliphatic heterocycles. The molecule has 3 aromatic rings. The average molecular weight is 394 g/mol. The van der Waals surface area contributed by atoms with Gasteiger partial charge in [0.1, 0.15) is 18.2 Å². The van der Waals surface area contributed by atoms with Gasteiger partial charge in [-0.05, 0) is 62.2 Å². The van der Waals surface area contributed by atoms with Crippen molar-refractivity contribution in [1.82, 2.24) is 10.3 Å². The van der Waals surface area contributed by atoms with E-state index in [4.69, 9.17) is 4.74 Å². The zero-order chi connectivity index (χ0) is 21.0. The Kier molecular flexibility index (Phi) is 6.12. The van der Waals surface area contributed by atoms with E-state index in [2.05, 4.69) is 10.3 Å². The molecule has 0 saturated carbocycles. The predicted molar refractivity (Wildman–Crippen MR) is 110 cm³/mol. The third-order valence-corrected chi connectivity index (χ3v) is 4.70. The van der Waals surface area contributed by atoms with Crippen LogP contribution in [0.15, 0.2) is 53.3 Å². The van der Waals surface area contributed by atoms with E-state index < -0.39 is 11.7 Å². The molecule has 0 aliphatic carbocycles. The first-order valence-corrected chi connectivity index (χ1v) is 9.29. The van der Waals surface area contributed by atoms with Gasteiger partial charge in [0.15, 0.2) is 0 Å². The fourth-order valence-corrected chi connectivity index (χ4v) is 3.14. The Balaban J connectivity index is 1.71. The van der Waals surface area contributed by atoms with E-state index >= 15 is 0 Å². The first kappa shape index (κ1) is 20.3. The van der Waals surface area contributed by atoms with E-state index in [1.54, 1.807) is 32.0 Å². The second kappa shape index (κ2) is 8.73. The topological polar surface area (TPSA) is 71.2 Å². The Morgan fingerprint density at radius 3 is 2.48 bits per heavy atom. The molecule has 29 heavy (non-hydrogen) atoms. The SMILES string of the molecule is Cc1cc(C)c(CNC(=O)c2cc(F)c(COc3ccccc3)cc2C)c(=O)[nH]1. The molecule has 0 spiro atoms. The number of nitrogens with one attached hydrogen (secondary N) is 2. The molecule has 0 aliphatic rings. The van der Waals surface area contributed by atoms with Crippen molar-refractivity contribution in [2.24, 2.45) is 0 Å². The molecule has 0 fully saturated rings. The van der Waals surface area contributed by atoms with Crippen LogP contribution in [0.5, 0.6) is 5.75 Å². The summed E-state index contributed by atoms with van der Waals surface area (Å²) in [6, 6.07) is 13.8. The number of para-hydroxylation sites is 1. The highest BCUT2D eigenvalue weighted by Crippen LogP contribution is 2.19. The lowest BCUT2D eigenvalue weighted by Crippen LogP contribution is -2.28. The van der Waals surface area contributed by atoms with Gasteiger partial charge in [-0.1, -0.05) is 18.2 Å². The van der Waals surface area contributed by atoms with Crippen LogP contribution in [-0.4, -0.2) is 10.9 Å². The maximum Gasteiger partial charge on any atom is 0.253 e. The zero-order valence-corrected chi connectivity index (χ0v) is 16.6. The predicted octanol–water partition coefficient (Wildman–Crippen LogP) is 3.95. The van der Waals surface area contributed by atoms with Crippen LogP contribution >= 0.6 is 0 Å². The number of carbonyl (C=O) groups is 1. The number of H-pyrrole nitrogens is 1. The van der Waals surface area contributed by atoms with Crippen molar-refractivity contribution in [3.8, 4) is 5.75 Å². The third kappa shape index (κ3) is 4.90. The van der Waals surface area contributed by atoms with Crippen LogP contribution in [0, 0.1) is 26.6 Å². The van der Waals surface area contributed by atoms with Crippen LogP contribution in [-0.2, 0) is 13.2 Å². The van der Waals surface area contributed by atoms with E-state index in [1.807, 2.05) is 31.2 Å². The molecule has 1 amide bonds. The second-order valence-electron chi connectivity index (χ2n) is 6.99. The van der Waals surface area contributed by atoms with Crippen LogP contribution in [0.25, 0.3) is 0 Å². The molecule has 0 unspecified atom stereocenters. The molecule has 2 N–H and O–H groups in total. The van der Waals surface area contributed by atoms with Crippen LogP contribution < -0.4 is 15.6 Å². The number of benzene rings is 2. The number of pyridine rings is 1. The summed E-state index contributed by atoms with van der Waals surface area (Å²) in [5, 5.41) is 2.70. The molecular formula is C23H23FN2O3. The summed E-state index contributed by atoms with van der Waals surface area (Å²) in [6.45, 7) is 5.49. The standard InChI is InChI=1S/C23H23FN2O3/c1-14-9-16(3)26-23(28)20(14)12-25-22(27)19-11-21(24)17(10-15(19)2)13-29-18-7-5-4-6-8-18/h4-11H,12-13H2,1-3H3,(H,25,27)(H,26,28). The summed E-state index contributed by atoms with van der Waals surface area (Å²) >= 11 is 0. The molecule has 150 valence electrons. The summed E-state index contributed by atoms with van der Waals surface area (Å²) in [5.74, 6) is -0.303. The van der Waals surface area contributed by atoms with Crippen molar-refractivity contribution in [3.05, 3.63) is 98.2 Å². The van der Waals surface area contributed by atoms with Crippen LogP contribution in [0.1, 0.15) is 38.3 Å². The van der Waals surface area contributed by atoms with E-state index in [1.165, 1.54) is 6.07 Å². The highest BCUT2D eigenvalue weighted by atomic mass is 19.1. The summed E-state index contributed by atoms with van der Waals surface area (Å²) in [7, 11) is 0. The molecule has 0 bridgehead atoms.